The lowest BCUT2D eigenvalue weighted by atomic mass is 9.79. The Kier molecular flexibility index (Phi) is 3.08. The van der Waals surface area contributed by atoms with Crippen LogP contribution in [-0.4, -0.2) is 21.3 Å². The molecule has 100 valence electrons. The maximum Gasteiger partial charge on any atom is 0.495 e. The number of halogens is 1. The largest absolute Gasteiger partial charge is 0.495 e. The Labute approximate surface area is 130 Å². The van der Waals surface area contributed by atoms with Crippen molar-refractivity contribution in [2.75, 3.05) is 5.73 Å². The summed E-state index contributed by atoms with van der Waals surface area (Å²) in [4.78, 5) is 4.25. The third-order valence-corrected chi connectivity index (χ3v) is 5.91. The van der Waals surface area contributed by atoms with Crippen LogP contribution < -0.4 is 11.2 Å². The summed E-state index contributed by atoms with van der Waals surface area (Å²) in [6.45, 7) is 6.13. The topological polar surface area (TPSA) is 57.4 Å². The summed E-state index contributed by atoms with van der Waals surface area (Å²) in [6, 6.07) is 5.99. The van der Waals surface area contributed by atoms with Crippen LogP contribution in [0.25, 0.3) is 10.2 Å². The molecule has 1 unspecified atom stereocenters. The van der Waals surface area contributed by atoms with E-state index in [0.29, 0.717) is 5.13 Å². The van der Waals surface area contributed by atoms with E-state index in [2.05, 4.69) is 27.6 Å². The minimum atomic E-state index is -0.350. The molecule has 1 aliphatic rings. The number of thiazole rings is 1. The highest BCUT2D eigenvalue weighted by molar-refractivity contribution is 14.1. The van der Waals surface area contributed by atoms with Gasteiger partial charge in [0.05, 0.1) is 15.8 Å². The number of nitrogens with two attached hydrogens (primary N) is 1. The Bertz CT molecular complexity index is 628. The minimum absolute atomic E-state index is 0.333. The maximum absolute atomic E-state index is 6.03. The number of anilines is 1. The van der Waals surface area contributed by atoms with Crippen molar-refractivity contribution in [1.29, 1.82) is 0 Å². The van der Waals surface area contributed by atoms with Crippen molar-refractivity contribution in [3.63, 3.8) is 0 Å². The molecule has 0 amide bonds. The Morgan fingerprint density at radius 2 is 2.05 bits per heavy atom. The fraction of sp³-hybridized carbons (Fsp3) is 0.417. The van der Waals surface area contributed by atoms with Gasteiger partial charge in [-0.2, -0.15) is 0 Å². The van der Waals surface area contributed by atoms with E-state index in [4.69, 9.17) is 15.0 Å². The van der Waals surface area contributed by atoms with Gasteiger partial charge in [-0.05, 0) is 61.0 Å². The Morgan fingerprint density at radius 3 is 2.68 bits per heavy atom. The first-order chi connectivity index (χ1) is 8.78. The number of benzene rings is 1. The van der Waals surface area contributed by atoms with E-state index in [1.54, 1.807) is 0 Å². The van der Waals surface area contributed by atoms with Crippen LogP contribution in [-0.2, 0) is 9.31 Å². The van der Waals surface area contributed by atoms with Crippen molar-refractivity contribution in [3.8, 4) is 0 Å². The van der Waals surface area contributed by atoms with Gasteiger partial charge < -0.3 is 15.0 Å². The number of alkyl halides is 1. The highest BCUT2D eigenvalue weighted by atomic mass is 127. The molecule has 4 nitrogen and oxygen atoms in total. The fourth-order valence-electron chi connectivity index (χ4n) is 1.98. The monoisotopic (exact) mass is 388 g/mol. The van der Waals surface area contributed by atoms with Gasteiger partial charge in [0.1, 0.15) is 3.61 Å². The highest BCUT2D eigenvalue weighted by Crippen LogP contribution is 2.42. The Hall–Kier alpha value is -0.375. The SMILES string of the molecule is CC1(C)OB(c2ccc3nc(N)sc3c2)OC1(C)I. The zero-order valence-corrected chi connectivity index (χ0v) is 13.9. The summed E-state index contributed by atoms with van der Waals surface area (Å²) in [5.41, 5.74) is 7.31. The third-order valence-electron chi connectivity index (χ3n) is 3.51. The lowest BCUT2D eigenvalue weighted by molar-refractivity contribution is 0.0726. The summed E-state index contributed by atoms with van der Waals surface area (Å²) in [5.74, 6) is 0. The first-order valence-corrected chi connectivity index (χ1v) is 7.88. The smallest absolute Gasteiger partial charge is 0.398 e. The molecule has 0 radical (unpaired) electrons. The van der Waals surface area contributed by atoms with E-state index in [0.717, 1.165) is 15.7 Å². The third kappa shape index (κ3) is 2.26. The molecule has 1 aromatic carbocycles. The first-order valence-electron chi connectivity index (χ1n) is 5.99. The fourth-order valence-corrected chi connectivity index (χ4v) is 3.12. The normalized spacial score (nSPS) is 26.2. The van der Waals surface area contributed by atoms with E-state index < -0.39 is 0 Å². The number of aromatic nitrogens is 1. The van der Waals surface area contributed by atoms with E-state index in [9.17, 15) is 0 Å². The van der Waals surface area contributed by atoms with Gasteiger partial charge >= 0.3 is 7.12 Å². The van der Waals surface area contributed by atoms with Gasteiger partial charge in [-0.25, -0.2) is 4.98 Å². The van der Waals surface area contributed by atoms with Gasteiger partial charge in [0.2, 0.25) is 0 Å². The van der Waals surface area contributed by atoms with E-state index in [-0.39, 0.29) is 16.3 Å². The van der Waals surface area contributed by atoms with Crippen LogP contribution in [0.1, 0.15) is 20.8 Å². The Balaban J connectivity index is 1.97. The summed E-state index contributed by atoms with van der Waals surface area (Å²) in [5, 5.41) is 0.583. The lowest BCUT2D eigenvalue weighted by Gasteiger charge is -2.30. The molecule has 1 atom stereocenters. The van der Waals surface area contributed by atoms with Gasteiger partial charge in [0.15, 0.2) is 5.13 Å². The van der Waals surface area contributed by atoms with Crippen LogP contribution in [0, 0.1) is 0 Å². The number of nitrogens with zero attached hydrogens (tertiary/aromatic N) is 1. The Morgan fingerprint density at radius 1 is 1.32 bits per heavy atom. The second-order valence-corrected chi connectivity index (χ2v) is 8.39. The molecule has 7 heteroatoms. The molecule has 0 bridgehead atoms. The predicted molar refractivity (Wildman–Crippen MR) is 88.1 cm³/mol. The summed E-state index contributed by atoms with van der Waals surface area (Å²) in [7, 11) is -0.343. The number of rotatable bonds is 1. The van der Waals surface area contributed by atoms with Gasteiger partial charge in [-0.1, -0.05) is 17.4 Å². The highest BCUT2D eigenvalue weighted by Gasteiger charge is 2.53. The van der Waals surface area contributed by atoms with Crippen molar-refractivity contribution in [1.82, 2.24) is 4.98 Å². The number of nitrogen functional groups attached to an aromatic ring is 1. The molecule has 1 fully saturated rings. The average Bonchev–Trinajstić information content (AvgIpc) is 2.74. The van der Waals surface area contributed by atoms with Gasteiger partial charge in [-0.3, -0.25) is 0 Å². The molecule has 19 heavy (non-hydrogen) atoms. The summed E-state index contributed by atoms with van der Waals surface area (Å²) in [6.07, 6.45) is 0. The van der Waals surface area contributed by atoms with Crippen molar-refractivity contribution in [2.45, 2.75) is 30.0 Å². The quantitative estimate of drug-likeness (QED) is 0.464. The van der Waals surface area contributed by atoms with Crippen molar-refractivity contribution < 1.29 is 9.31 Å². The van der Waals surface area contributed by atoms with Crippen LogP contribution in [0.5, 0.6) is 0 Å². The predicted octanol–water partition coefficient (Wildman–Crippen LogP) is 2.55. The second kappa shape index (κ2) is 4.31. The lowest BCUT2D eigenvalue weighted by Crippen LogP contribution is -2.38. The van der Waals surface area contributed by atoms with Crippen LogP contribution in [0.3, 0.4) is 0 Å². The molecule has 0 aliphatic carbocycles. The number of fused-ring (bicyclic) bond motifs is 1. The van der Waals surface area contributed by atoms with Crippen LogP contribution >= 0.6 is 33.9 Å². The zero-order valence-electron chi connectivity index (χ0n) is 10.9. The maximum atomic E-state index is 6.03. The molecule has 1 aromatic heterocycles. The molecule has 2 aromatic rings. The van der Waals surface area contributed by atoms with Crippen LogP contribution in [0.2, 0.25) is 0 Å². The minimum Gasteiger partial charge on any atom is -0.398 e. The average molecular weight is 388 g/mol. The summed E-state index contributed by atoms with van der Waals surface area (Å²) < 4.78 is 12.8. The van der Waals surface area contributed by atoms with Gasteiger partial charge in [0, 0.05) is 0 Å². The molecule has 1 saturated heterocycles. The van der Waals surface area contributed by atoms with Crippen molar-refractivity contribution >= 4 is 61.9 Å². The van der Waals surface area contributed by atoms with Gasteiger partial charge in [0.25, 0.3) is 0 Å². The molecule has 1 aliphatic heterocycles. The molecular formula is C12H14BIN2O2S. The molecule has 2 N–H and O–H groups in total. The molecule has 3 rings (SSSR count). The molecule has 0 saturated carbocycles. The molecule has 2 heterocycles. The van der Waals surface area contributed by atoms with Crippen molar-refractivity contribution in [3.05, 3.63) is 18.2 Å². The van der Waals surface area contributed by atoms with E-state index >= 15 is 0 Å². The van der Waals surface area contributed by atoms with Gasteiger partial charge in [-0.15, -0.1) is 0 Å². The molecular weight excluding hydrogens is 374 g/mol. The van der Waals surface area contributed by atoms with E-state index in [1.165, 1.54) is 11.3 Å². The molecule has 0 spiro atoms. The van der Waals surface area contributed by atoms with Crippen LogP contribution in [0.15, 0.2) is 18.2 Å². The van der Waals surface area contributed by atoms with E-state index in [1.807, 2.05) is 39.0 Å². The first kappa shape index (κ1) is 13.6. The second-order valence-electron chi connectivity index (χ2n) is 5.27. The van der Waals surface area contributed by atoms with Crippen molar-refractivity contribution in [2.24, 2.45) is 0 Å². The zero-order chi connectivity index (χ0) is 13.8. The standard InChI is InChI=1S/C12H14BIN2O2S/c1-11(2)12(3,14)18-13(17-11)7-4-5-8-9(6-7)19-10(15)16-8/h4-6H,1-3H3,(H2,15,16). The van der Waals surface area contributed by atoms with Crippen LogP contribution in [0.4, 0.5) is 5.13 Å². The summed E-state index contributed by atoms with van der Waals surface area (Å²) >= 11 is 3.77. The number of hydrogen-bond acceptors (Lipinski definition) is 5. The number of hydrogen-bond donors (Lipinski definition) is 1.